The first-order chi connectivity index (χ1) is 51.5. The second-order valence-corrected chi connectivity index (χ2v) is 25.4. The van der Waals surface area contributed by atoms with Crippen molar-refractivity contribution in [3.63, 3.8) is 0 Å². The standard InChI is InChI=1S/2C48H32N4/c1-5-15-35(16-6-1)44-31-39(32-45(49-44)36-17-7-2-8-18-36)33-25-27-34(28-26-33)40-29-30-43(42-24-14-13-23-41(40)42)48-51-46(37-19-9-3-10-20-37)50-47(52-48)38-21-11-4-12-22-38;1-5-15-33(16-6-1)39-31-44(35-17-7-2-8-18-35)49-45(32-39)36-27-25-34(26-28-36)40-29-30-43(42-24-14-13-23-41(40)42)48-51-46(37-19-9-3-10-20-37)50-47(52-48)38-21-11-4-12-22-38/h2*1-32H. The summed E-state index contributed by atoms with van der Waals surface area (Å²) in [5.41, 5.74) is 23.0. The Bertz CT molecular complexity index is 5430. The fourth-order valence-electron chi connectivity index (χ4n) is 13.5. The molecule has 0 bridgehead atoms. The zero-order valence-corrected chi connectivity index (χ0v) is 56.5. The predicted octanol–water partition coefficient (Wildman–Crippen LogP) is 24.2. The van der Waals surface area contributed by atoms with Crippen LogP contribution in [-0.4, -0.2) is 39.9 Å². The van der Waals surface area contributed by atoms with Crippen LogP contribution in [0.1, 0.15) is 0 Å². The van der Waals surface area contributed by atoms with E-state index in [1.54, 1.807) is 0 Å². The van der Waals surface area contributed by atoms with Gasteiger partial charge in [0, 0.05) is 55.6 Å². The van der Waals surface area contributed by atoms with E-state index in [0.717, 1.165) is 144 Å². The van der Waals surface area contributed by atoms with Crippen LogP contribution in [0.15, 0.2) is 388 Å². The van der Waals surface area contributed by atoms with E-state index in [-0.39, 0.29) is 0 Å². The van der Waals surface area contributed by atoms with Crippen LogP contribution >= 0.6 is 0 Å². The highest BCUT2D eigenvalue weighted by molar-refractivity contribution is 6.06. The molecule has 104 heavy (non-hydrogen) atoms. The zero-order chi connectivity index (χ0) is 69.4. The molecule has 0 N–H and O–H groups in total. The van der Waals surface area contributed by atoms with Crippen LogP contribution in [0, 0.1) is 0 Å². The lowest BCUT2D eigenvalue weighted by Crippen LogP contribution is -2.00. The largest absolute Gasteiger partial charge is 0.248 e. The number of benzene rings is 14. The molecule has 488 valence electrons. The van der Waals surface area contributed by atoms with E-state index in [2.05, 4.69) is 243 Å². The summed E-state index contributed by atoms with van der Waals surface area (Å²) in [5, 5.41) is 4.43. The first-order valence-electron chi connectivity index (χ1n) is 34.8. The third kappa shape index (κ3) is 13.5. The summed E-state index contributed by atoms with van der Waals surface area (Å²) in [6.45, 7) is 0. The third-order valence-electron chi connectivity index (χ3n) is 18.7. The van der Waals surface area contributed by atoms with Gasteiger partial charge in [-0.3, -0.25) is 0 Å². The Hall–Kier alpha value is -14.1. The van der Waals surface area contributed by atoms with Crippen molar-refractivity contribution in [3.05, 3.63) is 388 Å². The highest BCUT2D eigenvalue weighted by Crippen LogP contribution is 2.41. The minimum atomic E-state index is 0.643. The maximum absolute atomic E-state index is 5.14. The van der Waals surface area contributed by atoms with Crippen molar-refractivity contribution in [2.24, 2.45) is 0 Å². The minimum absolute atomic E-state index is 0.643. The van der Waals surface area contributed by atoms with E-state index >= 15 is 0 Å². The Kier molecular flexibility index (Phi) is 17.7. The smallest absolute Gasteiger partial charge is 0.164 e. The highest BCUT2D eigenvalue weighted by Gasteiger charge is 2.20. The molecule has 0 atom stereocenters. The molecule has 0 aliphatic rings. The molecular weight excluding hydrogens is 1270 g/mol. The second-order valence-electron chi connectivity index (χ2n) is 25.4. The molecule has 4 heterocycles. The molecule has 14 aromatic carbocycles. The number of hydrogen-bond acceptors (Lipinski definition) is 8. The lowest BCUT2D eigenvalue weighted by Gasteiger charge is -2.14. The van der Waals surface area contributed by atoms with Crippen LogP contribution in [-0.2, 0) is 0 Å². The van der Waals surface area contributed by atoms with Crippen molar-refractivity contribution in [1.82, 2.24) is 39.9 Å². The van der Waals surface area contributed by atoms with Gasteiger partial charge < -0.3 is 0 Å². The number of aromatic nitrogens is 8. The average molecular weight is 1330 g/mol. The van der Waals surface area contributed by atoms with E-state index in [1.165, 1.54) is 0 Å². The fourth-order valence-corrected chi connectivity index (χ4v) is 13.5. The molecule has 0 unspecified atom stereocenters. The SMILES string of the molecule is c1ccc(-c2cc(-c3ccc(-c4ccc(-c5nc(-c6ccccc6)nc(-c6ccccc6)n5)c5ccccc45)cc3)cc(-c3ccccc3)n2)cc1.c1ccc(-c2cc(-c3ccccc3)nc(-c3ccc(-c4ccc(-c5nc(-c6ccccc6)nc(-c6ccccc6)n5)c5ccccc45)cc3)c2)cc1. The minimum Gasteiger partial charge on any atom is -0.248 e. The summed E-state index contributed by atoms with van der Waals surface area (Å²) in [7, 11) is 0. The van der Waals surface area contributed by atoms with Crippen molar-refractivity contribution >= 4 is 21.5 Å². The lowest BCUT2D eigenvalue weighted by atomic mass is 9.93. The van der Waals surface area contributed by atoms with Crippen molar-refractivity contribution in [2.45, 2.75) is 0 Å². The Balaban J connectivity index is 0.000000154. The van der Waals surface area contributed by atoms with Gasteiger partial charge >= 0.3 is 0 Å². The summed E-state index contributed by atoms with van der Waals surface area (Å²) in [5.74, 6) is 3.88. The number of hydrogen-bond donors (Lipinski definition) is 0. The van der Waals surface area contributed by atoms with Crippen LogP contribution < -0.4 is 0 Å². The normalized spacial score (nSPS) is 11.1. The van der Waals surface area contributed by atoms with Crippen molar-refractivity contribution < 1.29 is 0 Å². The molecule has 0 saturated heterocycles. The monoisotopic (exact) mass is 1330 g/mol. The summed E-state index contributed by atoms with van der Waals surface area (Å²) in [4.78, 5) is 40.1. The maximum Gasteiger partial charge on any atom is 0.164 e. The molecule has 18 aromatic rings. The Morgan fingerprint density at radius 2 is 0.308 bits per heavy atom. The Labute approximate surface area is 603 Å². The summed E-state index contributed by atoms with van der Waals surface area (Å²) in [6, 6.07) is 134. The number of pyridine rings is 2. The second kappa shape index (κ2) is 29.0. The predicted molar refractivity (Wildman–Crippen MR) is 426 cm³/mol. The summed E-state index contributed by atoms with van der Waals surface area (Å²) in [6.07, 6.45) is 0. The van der Waals surface area contributed by atoms with Gasteiger partial charge in [-0.15, -0.1) is 0 Å². The molecule has 0 spiro atoms. The number of rotatable bonds is 14. The average Bonchev–Trinajstić information content (AvgIpc) is 0.777. The van der Waals surface area contributed by atoms with Gasteiger partial charge in [-0.1, -0.05) is 352 Å². The number of fused-ring (bicyclic) bond motifs is 2. The van der Waals surface area contributed by atoms with Gasteiger partial charge in [0.15, 0.2) is 34.9 Å². The highest BCUT2D eigenvalue weighted by atomic mass is 15.0. The van der Waals surface area contributed by atoms with Crippen LogP contribution in [0.4, 0.5) is 0 Å². The molecule has 4 aromatic heterocycles. The molecule has 8 nitrogen and oxygen atoms in total. The van der Waals surface area contributed by atoms with E-state index in [9.17, 15) is 0 Å². The molecule has 18 rings (SSSR count). The topological polar surface area (TPSA) is 103 Å². The molecule has 0 saturated carbocycles. The Morgan fingerprint density at radius 1 is 0.115 bits per heavy atom. The fraction of sp³-hybridized carbons (Fsp3) is 0. The lowest BCUT2D eigenvalue weighted by molar-refractivity contribution is 1.08. The first-order valence-corrected chi connectivity index (χ1v) is 34.8. The number of nitrogens with zero attached hydrogens (tertiary/aromatic N) is 8. The van der Waals surface area contributed by atoms with Gasteiger partial charge in [0.1, 0.15) is 0 Å². The van der Waals surface area contributed by atoms with E-state index < -0.39 is 0 Å². The van der Waals surface area contributed by atoms with Gasteiger partial charge in [0.2, 0.25) is 0 Å². The Morgan fingerprint density at radius 3 is 0.596 bits per heavy atom. The van der Waals surface area contributed by atoms with Crippen LogP contribution in [0.25, 0.3) is 179 Å². The first kappa shape index (κ1) is 63.4. The molecule has 0 aliphatic heterocycles. The molecule has 0 amide bonds. The van der Waals surface area contributed by atoms with E-state index in [4.69, 9.17) is 39.9 Å². The van der Waals surface area contributed by atoms with Gasteiger partial charge in [-0.05, 0) is 102 Å². The molecule has 0 fully saturated rings. The van der Waals surface area contributed by atoms with Crippen LogP contribution in [0.3, 0.4) is 0 Å². The van der Waals surface area contributed by atoms with Gasteiger partial charge in [-0.25, -0.2) is 39.9 Å². The molecular formula is C96H64N8. The van der Waals surface area contributed by atoms with Crippen molar-refractivity contribution in [1.29, 1.82) is 0 Å². The summed E-state index contributed by atoms with van der Waals surface area (Å²) >= 11 is 0. The molecule has 0 radical (unpaired) electrons. The quantitative estimate of drug-likeness (QED) is 0.106. The van der Waals surface area contributed by atoms with Crippen molar-refractivity contribution in [2.75, 3.05) is 0 Å². The maximum atomic E-state index is 5.14. The van der Waals surface area contributed by atoms with E-state index in [1.807, 2.05) is 146 Å². The summed E-state index contributed by atoms with van der Waals surface area (Å²) < 4.78 is 0. The van der Waals surface area contributed by atoms with Crippen molar-refractivity contribution in [3.8, 4) is 158 Å². The molecule has 8 heteroatoms. The van der Waals surface area contributed by atoms with E-state index in [0.29, 0.717) is 34.9 Å². The van der Waals surface area contributed by atoms with Crippen LogP contribution in [0.5, 0.6) is 0 Å². The zero-order valence-electron chi connectivity index (χ0n) is 56.5. The third-order valence-corrected chi connectivity index (χ3v) is 18.7. The van der Waals surface area contributed by atoms with Gasteiger partial charge in [-0.2, -0.15) is 0 Å². The van der Waals surface area contributed by atoms with Crippen LogP contribution in [0.2, 0.25) is 0 Å². The van der Waals surface area contributed by atoms with Gasteiger partial charge in [0.05, 0.1) is 22.8 Å². The van der Waals surface area contributed by atoms with Gasteiger partial charge in [0.25, 0.3) is 0 Å². The molecule has 0 aliphatic carbocycles.